The largest absolute Gasteiger partial charge is 0.472 e. The van der Waals surface area contributed by atoms with Crippen molar-refractivity contribution < 1.29 is 32.8 Å². The molecule has 62 heavy (non-hydrogen) atoms. The lowest BCUT2D eigenvalue weighted by molar-refractivity contribution is -0.154. The van der Waals surface area contributed by atoms with Crippen LogP contribution in [0.2, 0.25) is 0 Å². The molecule has 0 spiro atoms. The summed E-state index contributed by atoms with van der Waals surface area (Å²) in [6.07, 6.45) is 64.6. The van der Waals surface area contributed by atoms with Gasteiger partial charge in [0.2, 0.25) is 0 Å². The summed E-state index contributed by atoms with van der Waals surface area (Å²) >= 11 is 0. The molecule has 0 aliphatic carbocycles. The van der Waals surface area contributed by atoms with E-state index in [9.17, 15) is 14.3 Å². The van der Waals surface area contributed by atoms with Crippen molar-refractivity contribution in [2.24, 2.45) is 5.73 Å². The van der Waals surface area contributed by atoms with E-state index in [0.717, 1.165) is 83.5 Å². The van der Waals surface area contributed by atoms with Gasteiger partial charge in [0.25, 0.3) is 0 Å². The fourth-order valence-electron chi connectivity index (χ4n) is 6.64. The Morgan fingerprint density at radius 1 is 0.500 bits per heavy atom. The van der Waals surface area contributed by atoms with Gasteiger partial charge in [-0.3, -0.25) is 13.8 Å². The van der Waals surface area contributed by atoms with Crippen LogP contribution >= 0.6 is 7.82 Å². The first kappa shape index (κ1) is 59.7. The number of hydrogen-bond acceptors (Lipinski definition) is 7. The van der Waals surface area contributed by atoms with Crippen LogP contribution in [0.5, 0.6) is 0 Å². The molecular weight excluding hydrogens is 794 g/mol. The summed E-state index contributed by atoms with van der Waals surface area (Å²) < 4.78 is 33.6. The first-order chi connectivity index (χ1) is 30.4. The molecule has 2 unspecified atom stereocenters. The normalized spacial score (nSPS) is 14.1. The van der Waals surface area contributed by atoms with E-state index in [4.69, 9.17) is 24.3 Å². The average molecular weight is 888 g/mol. The molecule has 3 N–H and O–H groups in total. The first-order valence-corrected chi connectivity index (χ1v) is 26.6. The Labute approximate surface area is 381 Å². The predicted molar refractivity (Wildman–Crippen MR) is 265 cm³/mol. The number of ether oxygens (including phenoxy) is 2. The fraction of sp³-hybridized carbons (Fsp3) is 0.717. The average Bonchev–Trinajstić information content (AvgIpc) is 3.26. The van der Waals surface area contributed by atoms with Crippen LogP contribution in [-0.4, -0.2) is 49.9 Å². The van der Waals surface area contributed by atoms with E-state index in [1.807, 2.05) is 0 Å². The van der Waals surface area contributed by atoms with Crippen LogP contribution in [0.1, 0.15) is 206 Å². The minimum Gasteiger partial charge on any atom is -0.457 e. The Balaban J connectivity index is 4.02. The number of phosphoric acid groups is 1. The lowest BCUT2D eigenvalue weighted by Gasteiger charge is -2.20. The summed E-state index contributed by atoms with van der Waals surface area (Å²) in [5.41, 5.74) is 5.39. The van der Waals surface area contributed by atoms with Gasteiger partial charge in [0, 0.05) is 19.6 Å². The van der Waals surface area contributed by atoms with Crippen molar-refractivity contribution in [1.82, 2.24) is 0 Å². The van der Waals surface area contributed by atoms with Gasteiger partial charge in [-0.1, -0.05) is 195 Å². The standard InChI is InChI=1S/C53H94NO7P/c1-3-5-7-9-11-13-15-17-19-21-23-25-27-29-31-33-35-37-39-41-43-45-48-58-50-52(51-60-62(56,57)59-49-47-54)61-53(55)46-44-42-40-38-36-34-32-30-28-26-24-22-20-18-16-14-12-10-8-6-4-2/h5,7,11,13,16-19,22-25,28,30,52H,3-4,6,8-10,12,14-15,20-21,26-27,29,31-51,54H2,1-2H3,(H,56,57)/b7-5-,13-11-,18-16-,19-17-,24-22-,25-23-,30-28-. The number of allylic oxidation sites excluding steroid dienone is 14. The van der Waals surface area contributed by atoms with Crippen molar-refractivity contribution in [1.29, 1.82) is 0 Å². The highest BCUT2D eigenvalue weighted by atomic mass is 31.2. The van der Waals surface area contributed by atoms with Crippen LogP contribution in [0.3, 0.4) is 0 Å². The Kier molecular flexibility index (Phi) is 47.8. The number of esters is 1. The predicted octanol–water partition coefficient (Wildman–Crippen LogP) is 15.6. The van der Waals surface area contributed by atoms with Gasteiger partial charge in [0.15, 0.2) is 0 Å². The van der Waals surface area contributed by atoms with Gasteiger partial charge in [0.05, 0.1) is 19.8 Å². The Hall–Kier alpha value is -2.32. The summed E-state index contributed by atoms with van der Waals surface area (Å²) in [5, 5.41) is 0. The third-order valence-corrected chi connectivity index (χ3v) is 11.3. The second kappa shape index (κ2) is 49.7. The van der Waals surface area contributed by atoms with Crippen molar-refractivity contribution >= 4 is 13.8 Å². The highest BCUT2D eigenvalue weighted by Gasteiger charge is 2.25. The lowest BCUT2D eigenvalue weighted by atomic mass is 10.1. The molecule has 0 bridgehead atoms. The van der Waals surface area contributed by atoms with E-state index in [-0.39, 0.29) is 32.3 Å². The molecule has 0 heterocycles. The summed E-state index contributed by atoms with van der Waals surface area (Å²) in [6.45, 7) is 4.76. The maximum atomic E-state index is 12.7. The van der Waals surface area contributed by atoms with E-state index in [2.05, 4.69) is 98.9 Å². The Morgan fingerprint density at radius 2 is 0.903 bits per heavy atom. The summed E-state index contributed by atoms with van der Waals surface area (Å²) in [5.74, 6) is -0.347. The minimum absolute atomic E-state index is 0.0926. The van der Waals surface area contributed by atoms with Crippen LogP contribution in [-0.2, 0) is 27.9 Å². The van der Waals surface area contributed by atoms with Crippen LogP contribution in [0.4, 0.5) is 0 Å². The van der Waals surface area contributed by atoms with Crippen molar-refractivity contribution in [2.75, 3.05) is 33.0 Å². The van der Waals surface area contributed by atoms with Crippen molar-refractivity contribution in [2.45, 2.75) is 213 Å². The number of rotatable bonds is 47. The van der Waals surface area contributed by atoms with Crippen LogP contribution in [0, 0.1) is 0 Å². The second-order valence-electron chi connectivity index (χ2n) is 16.3. The summed E-state index contributed by atoms with van der Waals surface area (Å²) in [7, 11) is -4.29. The van der Waals surface area contributed by atoms with E-state index in [1.165, 1.54) is 103 Å². The molecule has 0 aliphatic rings. The molecular formula is C53H94NO7P. The molecule has 0 saturated heterocycles. The highest BCUT2D eigenvalue weighted by molar-refractivity contribution is 7.47. The molecule has 2 atom stereocenters. The van der Waals surface area contributed by atoms with Gasteiger partial charge in [0.1, 0.15) is 6.10 Å². The van der Waals surface area contributed by atoms with E-state index in [0.29, 0.717) is 13.0 Å². The molecule has 0 aromatic heterocycles. The zero-order valence-electron chi connectivity index (χ0n) is 39.8. The highest BCUT2D eigenvalue weighted by Crippen LogP contribution is 2.43. The molecule has 0 radical (unpaired) electrons. The zero-order valence-corrected chi connectivity index (χ0v) is 40.7. The third kappa shape index (κ3) is 48.7. The number of carbonyl (C=O) groups is 1. The molecule has 8 nitrogen and oxygen atoms in total. The molecule has 0 aromatic rings. The minimum atomic E-state index is -4.29. The van der Waals surface area contributed by atoms with Gasteiger partial charge in [-0.15, -0.1) is 0 Å². The monoisotopic (exact) mass is 888 g/mol. The van der Waals surface area contributed by atoms with Gasteiger partial charge in [-0.2, -0.15) is 0 Å². The summed E-state index contributed by atoms with van der Waals surface area (Å²) in [6, 6.07) is 0. The molecule has 0 aliphatic heterocycles. The molecule has 358 valence electrons. The Morgan fingerprint density at radius 3 is 1.35 bits per heavy atom. The zero-order chi connectivity index (χ0) is 45.1. The smallest absolute Gasteiger partial charge is 0.457 e. The number of phosphoric ester groups is 1. The number of unbranched alkanes of at least 4 members (excludes halogenated alkanes) is 20. The maximum absolute atomic E-state index is 12.7. The summed E-state index contributed by atoms with van der Waals surface area (Å²) in [4.78, 5) is 22.6. The van der Waals surface area contributed by atoms with Gasteiger partial charge < -0.3 is 20.1 Å². The van der Waals surface area contributed by atoms with E-state index in [1.54, 1.807) is 0 Å². The maximum Gasteiger partial charge on any atom is 0.472 e. The second-order valence-corrected chi connectivity index (χ2v) is 17.7. The van der Waals surface area contributed by atoms with Crippen LogP contribution in [0.15, 0.2) is 85.1 Å². The molecule has 0 rings (SSSR count). The third-order valence-electron chi connectivity index (χ3n) is 10.3. The van der Waals surface area contributed by atoms with E-state index >= 15 is 0 Å². The van der Waals surface area contributed by atoms with Gasteiger partial charge >= 0.3 is 13.8 Å². The molecule has 9 heteroatoms. The Bertz CT molecular complexity index is 1220. The lowest BCUT2D eigenvalue weighted by Crippen LogP contribution is -2.28. The number of carbonyl (C=O) groups excluding carboxylic acids is 1. The van der Waals surface area contributed by atoms with Crippen molar-refractivity contribution in [3.05, 3.63) is 85.1 Å². The van der Waals surface area contributed by atoms with Crippen molar-refractivity contribution in [3.8, 4) is 0 Å². The molecule has 0 fully saturated rings. The molecule has 0 saturated carbocycles. The first-order valence-electron chi connectivity index (χ1n) is 25.1. The van der Waals surface area contributed by atoms with Crippen LogP contribution in [0.25, 0.3) is 0 Å². The van der Waals surface area contributed by atoms with Crippen molar-refractivity contribution in [3.63, 3.8) is 0 Å². The SMILES string of the molecule is CC/C=C\C/C=C\C/C=C\C/C=C\CCCCCCCCCCCOCC(COP(=O)(O)OCCN)OC(=O)CCCCCCCC/C=C\C/C=C\C/C=C\CCCCCCC. The topological polar surface area (TPSA) is 117 Å². The number of hydrogen-bond donors (Lipinski definition) is 2. The number of nitrogens with two attached hydrogens (primary N) is 1. The fourth-order valence-corrected chi connectivity index (χ4v) is 7.41. The van der Waals surface area contributed by atoms with Crippen LogP contribution < -0.4 is 5.73 Å². The quantitative estimate of drug-likeness (QED) is 0.0269. The van der Waals surface area contributed by atoms with E-state index < -0.39 is 13.9 Å². The van der Waals surface area contributed by atoms with Gasteiger partial charge in [-0.25, -0.2) is 4.57 Å². The molecule has 0 amide bonds. The molecule has 0 aromatic carbocycles. The van der Waals surface area contributed by atoms with Gasteiger partial charge in [-0.05, 0) is 89.9 Å².